The number of hydrogen-bond donors (Lipinski definition) is 0. The van der Waals surface area contributed by atoms with Gasteiger partial charge in [-0.05, 0) is 19.4 Å². The Labute approximate surface area is 167 Å². The smallest absolute Gasteiger partial charge is 0.263 e. The minimum Gasteiger partial charge on any atom is -0.464 e. The van der Waals surface area contributed by atoms with E-state index in [9.17, 15) is 4.79 Å². The van der Waals surface area contributed by atoms with Gasteiger partial charge in [0, 0.05) is 50.4 Å². The fourth-order valence-corrected chi connectivity index (χ4v) is 3.34. The zero-order chi connectivity index (χ0) is 20.1. The molecule has 2 aromatic rings. The first-order valence-corrected chi connectivity index (χ1v) is 9.99. The summed E-state index contributed by atoms with van der Waals surface area (Å²) in [6.07, 6.45) is -0.560. The lowest BCUT2D eigenvalue weighted by atomic mass is 10.2. The standard InChI is InChI=1S/C22H30N4O2/c1-16(2)21-23-17(3)14-20(24-21)28-18(4)22(27)26-12-10-25(11-13-26)15-19-8-6-5-7-9-19/h5-9,14,16,18H,10-13,15H2,1-4H3/t18-/m1/s1. The van der Waals surface area contributed by atoms with Crippen molar-refractivity contribution in [1.82, 2.24) is 19.8 Å². The number of aryl methyl sites for hydroxylation is 1. The molecule has 1 atom stereocenters. The molecule has 28 heavy (non-hydrogen) atoms. The summed E-state index contributed by atoms with van der Waals surface area (Å²) in [5, 5.41) is 0. The van der Waals surface area contributed by atoms with Crippen molar-refractivity contribution in [3.63, 3.8) is 0 Å². The van der Waals surface area contributed by atoms with Crippen LogP contribution in [-0.4, -0.2) is 58.0 Å². The predicted molar refractivity (Wildman–Crippen MR) is 109 cm³/mol. The molecule has 1 aliphatic heterocycles. The van der Waals surface area contributed by atoms with E-state index < -0.39 is 6.10 Å². The number of rotatable bonds is 6. The van der Waals surface area contributed by atoms with Crippen LogP contribution in [0.1, 0.15) is 43.8 Å². The molecule has 1 aromatic heterocycles. The van der Waals surface area contributed by atoms with Crippen molar-refractivity contribution in [3.8, 4) is 5.88 Å². The van der Waals surface area contributed by atoms with Crippen molar-refractivity contribution in [1.29, 1.82) is 0 Å². The third kappa shape index (κ3) is 5.29. The van der Waals surface area contributed by atoms with Gasteiger partial charge in [0.15, 0.2) is 6.10 Å². The van der Waals surface area contributed by atoms with E-state index in [1.165, 1.54) is 5.56 Å². The summed E-state index contributed by atoms with van der Waals surface area (Å²) in [6, 6.07) is 12.2. The Morgan fingerprint density at radius 3 is 2.39 bits per heavy atom. The van der Waals surface area contributed by atoms with Crippen LogP contribution in [0.5, 0.6) is 5.88 Å². The highest BCUT2D eigenvalue weighted by Crippen LogP contribution is 2.17. The van der Waals surface area contributed by atoms with E-state index in [1.54, 1.807) is 13.0 Å². The van der Waals surface area contributed by atoms with E-state index in [1.807, 2.05) is 31.7 Å². The summed E-state index contributed by atoms with van der Waals surface area (Å²) < 4.78 is 5.87. The average molecular weight is 383 g/mol. The van der Waals surface area contributed by atoms with Crippen LogP contribution in [0.2, 0.25) is 0 Å². The van der Waals surface area contributed by atoms with Crippen LogP contribution in [0, 0.1) is 6.92 Å². The minimum atomic E-state index is -0.560. The zero-order valence-corrected chi connectivity index (χ0v) is 17.3. The molecule has 1 aromatic carbocycles. The Bertz CT molecular complexity index is 786. The maximum atomic E-state index is 12.8. The van der Waals surface area contributed by atoms with Gasteiger partial charge >= 0.3 is 0 Å². The molecule has 1 saturated heterocycles. The third-order valence-corrected chi connectivity index (χ3v) is 4.94. The second kappa shape index (κ2) is 9.15. The summed E-state index contributed by atoms with van der Waals surface area (Å²) in [5.41, 5.74) is 2.15. The fraction of sp³-hybridized carbons (Fsp3) is 0.500. The number of ether oxygens (including phenoxy) is 1. The lowest BCUT2D eigenvalue weighted by molar-refractivity contribution is -0.139. The Balaban J connectivity index is 1.53. The van der Waals surface area contributed by atoms with Gasteiger partial charge < -0.3 is 9.64 Å². The van der Waals surface area contributed by atoms with E-state index in [0.29, 0.717) is 5.88 Å². The molecule has 1 amide bonds. The van der Waals surface area contributed by atoms with Crippen LogP contribution >= 0.6 is 0 Å². The van der Waals surface area contributed by atoms with E-state index in [-0.39, 0.29) is 11.8 Å². The molecule has 0 saturated carbocycles. The molecular weight excluding hydrogens is 352 g/mol. The largest absolute Gasteiger partial charge is 0.464 e. The lowest BCUT2D eigenvalue weighted by Crippen LogP contribution is -2.51. The number of benzene rings is 1. The van der Waals surface area contributed by atoms with E-state index in [2.05, 4.69) is 39.1 Å². The van der Waals surface area contributed by atoms with Crippen molar-refractivity contribution >= 4 is 5.91 Å². The monoisotopic (exact) mass is 382 g/mol. The van der Waals surface area contributed by atoms with Gasteiger partial charge in [-0.3, -0.25) is 9.69 Å². The minimum absolute atomic E-state index is 0.0155. The molecule has 150 valence electrons. The first-order chi connectivity index (χ1) is 13.4. The lowest BCUT2D eigenvalue weighted by Gasteiger charge is -2.35. The Morgan fingerprint density at radius 1 is 1.07 bits per heavy atom. The molecule has 0 spiro atoms. The molecular formula is C22H30N4O2. The molecule has 1 aliphatic rings. The van der Waals surface area contributed by atoms with Gasteiger partial charge in [-0.25, -0.2) is 4.98 Å². The molecule has 3 rings (SSSR count). The topological polar surface area (TPSA) is 58.6 Å². The number of hydrogen-bond acceptors (Lipinski definition) is 5. The van der Waals surface area contributed by atoms with Gasteiger partial charge in [-0.1, -0.05) is 44.2 Å². The molecule has 0 bridgehead atoms. The number of carbonyl (C=O) groups excluding carboxylic acids is 1. The average Bonchev–Trinajstić information content (AvgIpc) is 2.68. The Morgan fingerprint density at radius 2 is 1.75 bits per heavy atom. The van der Waals surface area contributed by atoms with Crippen molar-refractivity contribution in [3.05, 3.63) is 53.5 Å². The molecule has 0 N–H and O–H groups in total. The third-order valence-electron chi connectivity index (χ3n) is 4.94. The molecule has 0 radical (unpaired) electrons. The van der Waals surface area contributed by atoms with Crippen LogP contribution < -0.4 is 4.74 Å². The van der Waals surface area contributed by atoms with Gasteiger partial charge in [0.2, 0.25) is 5.88 Å². The van der Waals surface area contributed by atoms with Gasteiger partial charge in [-0.2, -0.15) is 4.98 Å². The fourth-order valence-electron chi connectivity index (χ4n) is 3.34. The van der Waals surface area contributed by atoms with Crippen LogP contribution in [-0.2, 0) is 11.3 Å². The Kier molecular flexibility index (Phi) is 6.62. The summed E-state index contributed by atoms with van der Waals surface area (Å²) in [7, 11) is 0. The number of aromatic nitrogens is 2. The van der Waals surface area contributed by atoms with Gasteiger partial charge in [0.1, 0.15) is 5.82 Å². The second-order valence-corrected chi connectivity index (χ2v) is 7.71. The van der Waals surface area contributed by atoms with Gasteiger partial charge in [-0.15, -0.1) is 0 Å². The second-order valence-electron chi connectivity index (χ2n) is 7.71. The zero-order valence-electron chi connectivity index (χ0n) is 17.3. The van der Waals surface area contributed by atoms with Crippen molar-refractivity contribution < 1.29 is 9.53 Å². The molecule has 0 unspecified atom stereocenters. The molecule has 6 nitrogen and oxygen atoms in total. The number of piperazine rings is 1. The van der Waals surface area contributed by atoms with Gasteiger partial charge in [0.05, 0.1) is 0 Å². The van der Waals surface area contributed by atoms with E-state index in [4.69, 9.17) is 4.74 Å². The maximum absolute atomic E-state index is 12.8. The summed E-state index contributed by atoms with van der Waals surface area (Å²) in [4.78, 5) is 26.0. The molecule has 2 heterocycles. The van der Waals surface area contributed by atoms with Crippen LogP contribution in [0.3, 0.4) is 0 Å². The molecule has 6 heteroatoms. The SMILES string of the molecule is Cc1cc(O[C@H](C)C(=O)N2CCN(Cc3ccccc3)CC2)nc(C(C)C)n1. The van der Waals surface area contributed by atoms with Crippen LogP contribution in [0.25, 0.3) is 0 Å². The van der Waals surface area contributed by atoms with Gasteiger partial charge in [0.25, 0.3) is 5.91 Å². The predicted octanol–water partition coefficient (Wildman–Crippen LogP) is 3.02. The van der Waals surface area contributed by atoms with Crippen LogP contribution in [0.15, 0.2) is 36.4 Å². The summed E-state index contributed by atoms with van der Waals surface area (Å²) in [6.45, 7) is 11.9. The molecule has 1 fully saturated rings. The molecule has 0 aliphatic carbocycles. The number of carbonyl (C=O) groups is 1. The highest BCUT2D eigenvalue weighted by Gasteiger charge is 2.26. The van der Waals surface area contributed by atoms with E-state index >= 15 is 0 Å². The number of nitrogens with zero attached hydrogens (tertiary/aromatic N) is 4. The first-order valence-electron chi connectivity index (χ1n) is 9.99. The van der Waals surface area contributed by atoms with Crippen molar-refractivity contribution in [2.45, 2.75) is 46.3 Å². The summed E-state index contributed by atoms with van der Waals surface area (Å²) >= 11 is 0. The highest BCUT2D eigenvalue weighted by atomic mass is 16.5. The maximum Gasteiger partial charge on any atom is 0.263 e. The highest BCUT2D eigenvalue weighted by molar-refractivity contribution is 5.81. The summed E-state index contributed by atoms with van der Waals surface area (Å²) in [5.74, 6) is 1.44. The van der Waals surface area contributed by atoms with Crippen molar-refractivity contribution in [2.75, 3.05) is 26.2 Å². The first kappa shape index (κ1) is 20.3. The van der Waals surface area contributed by atoms with Crippen LogP contribution in [0.4, 0.5) is 0 Å². The Hall–Kier alpha value is -2.47. The normalized spacial score (nSPS) is 16.2. The quantitative estimate of drug-likeness (QED) is 0.769. The van der Waals surface area contributed by atoms with E-state index in [0.717, 1.165) is 44.2 Å². The van der Waals surface area contributed by atoms with Crippen molar-refractivity contribution in [2.24, 2.45) is 0 Å². The number of amides is 1.